The third kappa shape index (κ3) is 5.34. The number of amides is 1. The van der Waals surface area contributed by atoms with Crippen molar-refractivity contribution in [1.29, 1.82) is 5.26 Å². The maximum atomic E-state index is 12.7. The Morgan fingerprint density at radius 1 is 1.07 bits per heavy atom. The minimum absolute atomic E-state index is 0.0417. The molecule has 1 saturated heterocycles. The molecular formula is C21H23N3O4S. The van der Waals surface area contributed by atoms with Crippen LogP contribution < -0.4 is 4.74 Å². The molecule has 1 aliphatic rings. The maximum absolute atomic E-state index is 12.7. The molecule has 1 amide bonds. The maximum Gasteiger partial charge on any atom is 0.263 e. The van der Waals surface area contributed by atoms with Crippen molar-refractivity contribution in [3.63, 3.8) is 0 Å². The molecule has 0 aliphatic carbocycles. The second kappa shape index (κ2) is 9.07. The van der Waals surface area contributed by atoms with E-state index < -0.39 is 16.1 Å². The largest absolute Gasteiger partial charge is 0.481 e. The number of carbonyl (C=O) groups is 1. The summed E-state index contributed by atoms with van der Waals surface area (Å²) in [5.74, 6) is 0.281. The summed E-state index contributed by atoms with van der Waals surface area (Å²) in [6, 6.07) is 17.6. The molecule has 1 atom stereocenters. The molecule has 0 saturated carbocycles. The average Bonchev–Trinajstić information content (AvgIpc) is 2.74. The first-order valence-corrected chi connectivity index (χ1v) is 11.0. The summed E-state index contributed by atoms with van der Waals surface area (Å²) < 4.78 is 32.4. The summed E-state index contributed by atoms with van der Waals surface area (Å²) >= 11 is 0. The number of carbonyl (C=O) groups excluding carboxylic acids is 1. The topological polar surface area (TPSA) is 90.7 Å². The highest BCUT2D eigenvalue weighted by molar-refractivity contribution is 7.88. The van der Waals surface area contributed by atoms with Crippen LogP contribution in [0.1, 0.15) is 18.1 Å². The Kier molecular flexibility index (Phi) is 6.52. The fraction of sp³-hybridized carbons (Fsp3) is 0.333. The quantitative estimate of drug-likeness (QED) is 0.722. The van der Waals surface area contributed by atoms with Crippen molar-refractivity contribution >= 4 is 15.9 Å². The standard InChI is InChI=1S/C21H23N3O4S/c1-17(28-20-9-7-18(15-22)8-10-20)21(25)23-11-13-24(14-12-23)29(26,27)16-19-5-3-2-4-6-19/h2-10,17H,11-14,16H2,1H3/t17-/m1/s1. The summed E-state index contributed by atoms with van der Waals surface area (Å²) in [7, 11) is -3.42. The van der Waals surface area contributed by atoms with Crippen LogP contribution in [0.3, 0.4) is 0 Å². The normalized spacial score (nSPS) is 16.1. The molecule has 0 aromatic heterocycles. The monoisotopic (exact) mass is 413 g/mol. The van der Waals surface area contributed by atoms with Crippen molar-refractivity contribution in [2.45, 2.75) is 18.8 Å². The summed E-state index contributed by atoms with van der Waals surface area (Å²) in [6.07, 6.45) is -0.699. The van der Waals surface area contributed by atoms with Crippen molar-refractivity contribution in [2.75, 3.05) is 26.2 Å². The van der Waals surface area contributed by atoms with Gasteiger partial charge in [-0.1, -0.05) is 30.3 Å². The molecule has 0 N–H and O–H groups in total. The van der Waals surface area contributed by atoms with Gasteiger partial charge < -0.3 is 9.64 Å². The third-order valence-electron chi connectivity index (χ3n) is 4.78. The van der Waals surface area contributed by atoms with E-state index in [2.05, 4.69) is 0 Å². The van der Waals surface area contributed by atoms with Gasteiger partial charge in [-0.25, -0.2) is 8.42 Å². The van der Waals surface area contributed by atoms with Gasteiger partial charge in [0.2, 0.25) is 10.0 Å². The van der Waals surface area contributed by atoms with E-state index in [4.69, 9.17) is 10.00 Å². The van der Waals surface area contributed by atoms with E-state index in [0.717, 1.165) is 5.56 Å². The number of hydrogen-bond donors (Lipinski definition) is 0. The Bertz CT molecular complexity index is 977. The summed E-state index contributed by atoms with van der Waals surface area (Å²) in [6.45, 7) is 2.86. The number of piperazine rings is 1. The third-order valence-corrected chi connectivity index (χ3v) is 6.63. The number of hydrogen-bond acceptors (Lipinski definition) is 5. The van der Waals surface area contributed by atoms with Crippen molar-refractivity contribution in [1.82, 2.24) is 9.21 Å². The highest BCUT2D eigenvalue weighted by Crippen LogP contribution is 2.17. The first kappa shape index (κ1) is 20.8. The predicted molar refractivity (Wildman–Crippen MR) is 108 cm³/mol. The van der Waals surface area contributed by atoms with Crippen LogP contribution in [0.15, 0.2) is 54.6 Å². The van der Waals surface area contributed by atoms with Crippen LogP contribution in [-0.4, -0.2) is 55.8 Å². The van der Waals surface area contributed by atoms with Crippen LogP contribution in [0.4, 0.5) is 0 Å². The van der Waals surface area contributed by atoms with Crippen LogP contribution in [0.2, 0.25) is 0 Å². The van der Waals surface area contributed by atoms with Crippen molar-refractivity contribution in [2.24, 2.45) is 0 Å². The molecule has 152 valence electrons. The molecule has 8 heteroatoms. The fourth-order valence-corrected chi connectivity index (χ4v) is 4.70. The van der Waals surface area contributed by atoms with Gasteiger partial charge >= 0.3 is 0 Å². The lowest BCUT2D eigenvalue weighted by Crippen LogP contribution is -2.53. The zero-order valence-electron chi connectivity index (χ0n) is 16.2. The Hall–Kier alpha value is -2.89. The SMILES string of the molecule is C[C@@H](Oc1ccc(C#N)cc1)C(=O)N1CCN(S(=O)(=O)Cc2ccccc2)CC1. The molecule has 2 aromatic carbocycles. The van der Waals surface area contributed by atoms with Gasteiger partial charge in [-0.3, -0.25) is 4.79 Å². The van der Waals surface area contributed by atoms with Gasteiger partial charge in [0.15, 0.2) is 6.10 Å². The van der Waals surface area contributed by atoms with E-state index in [1.165, 1.54) is 4.31 Å². The first-order chi connectivity index (χ1) is 13.9. The second-order valence-electron chi connectivity index (χ2n) is 6.86. The highest BCUT2D eigenvalue weighted by atomic mass is 32.2. The molecular weight excluding hydrogens is 390 g/mol. The number of ether oxygens (including phenoxy) is 1. The first-order valence-electron chi connectivity index (χ1n) is 9.36. The molecule has 0 unspecified atom stereocenters. The van der Waals surface area contributed by atoms with E-state index in [-0.39, 0.29) is 24.7 Å². The number of sulfonamides is 1. The van der Waals surface area contributed by atoms with Crippen molar-refractivity contribution in [3.8, 4) is 11.8 Å². The molecule has 1 fully saturated rings. The van der Waals surface area contributed by atoms with E-state index >= 15 is 0 Å². The second-order valence-corrected chi connectivity index (χ2v) is 8.83. The molecule has 0 spiro atoms. The van der Waals surface area contributed by atoms with Crippen LogP contribution in [0.25, 0.3) is 0 Å². The van der Waals surface area contributed by atoms with Crippen molar-refractivity contribution in [3.05, 3.63) is 65.7 Å². The van der Waals surface area contributed by atoms with Crippen LogP contribution in [-0.2, 0) is 20.6 Å². The molecule has 3 rings (SSSR count). The number of nitrogens with zero attached hydrogens (tertiary/aromatic N) is 3. The van der Waals surface area contributed by atoms with Gasteiger partial charge in [-0.05, 0) is 36.8 Å². The van der Waals surface area contributed by atoms with E-state index in [0.29, 0.717) is 24.4 Å². The van der Waals surface area contributed by atoms with Gasteiger partial charge in [0.25, 0.3) is 5.91 Å². The minimum atomic E-state index is -3.42. The van der Waals surface area contributed by atoms with E-state index in [1.54, 1.807) is 48.2 Å². The Labute approximate surface area is 171 Å². The summed E-state index contributed by atoms with van der Waals surface area (Å²) in [5.41, 5.74) is 1.26. The highest BCUT2D eigenvalue weighted by Gasteiger charge is 2.31. The zero-order valence-corrected chi connectivity index (χ0v) is 17.0. The molecule has 7 nitrogen and oxygen atoms in total. The lowest BCUT2D eigenvalue weighted by molar-refractivity contribution is -0.139. The minimum Gasteiger partial charge on any atom is -0.481 e. The zero-order chi connectivity index (χ0) is 20.9. The van der Waals surface area contributed by atoms with Gasteiger partial charge in [-0.2, -0.15) is 9.57 Å². The van der Waals surface area contributed by atoms with Gasteiger partial charge in [0, 0.05) is 26.2 Å². The van der Waals surface area contributed by atoms with Crippen LogP contribution in [0, 0.1) is 11.3 Å². The van der Waals surface area contributed by atoms with Gasteiger partial charge in [0.1, 0.15) is 5.75 Å². The molecule has 0 bridgehead atoms. The predicted octanol–water partition coefficient (Wildman–Crippen LogP) is 2.00. The van der Waals surface area contributed by atoms with E-state index in [9.17, 15) is 13.2 Å². The number of nitriles is 1. The fourth-order valence-electron chi connectivity index (χ4n) is 3.18. The Balaban J connectivity index is 1.53. The lowest BCUT2D eigenvalue weighted by Gasteiger charge is -2.35. The smallest absolute Gasteiger partial charge is 0.263 e. The van der Waals surface area contributed by atoms with Crippen LogP contribution in [0.5, 0.6) is 5.75 Å². The number of benzene rings is 2. The molecule has 2 aromatic rings. The Morgan fingerprint density at radius 3 is 2.28 bits per heavy atom. The molecule has 1 aliphatic heterocycles. The lowest BCUT2D eigenvalue weighted by atomic mass is 10.2. The molecule has 29 heavy (non-hydrogen) atoms. The Morgan fingerprint density at radius 2 is 1.69 bits per heavy atom. The summed E-state index contributed by atoms with van der Waals surface area (Å²) in [5, 5.41) is 8.83. The van der Waals surface area contributed by atoms with Crippen LogP contribution >= 0.6 is 0 Å². The van der Waals surface area contributed by atoms with Gasteiger partial charge in [-0.15, -0.1) is 0 Å². The molecule has 1 heterocycles. The average molecular weight is 413 g/mol. The summed E-state index contributed by atoms with van der Waals surface area (Å²) in [4.78, 5) is 14.3. The number of rotatable bonds is 6. The van der Waals surface area contributed by atoms with Gasteiger partial charge in [0.05, 0.1) is 17.4 Å². The molecule has 0 radical (unpaired) electrons. The van der Waals surface area contributed by atoms with Crippen molar-refractivity contribution < 1.29 is 17.9 Å². The van der Waals surface area contributed by atoms with E-state index in [1.807, 2.05) is 24.3 Å².